The molecule has 0 N–H and O–H groups in total. The second-order valence-corrected chi connectivity index (χ2v) is 8.70. The van der Waals surface area contributed by atoms with Crippen LogP contribution in [0.1, 0.15) is 90.4 Å². The highest BCUT2D eigenvalue weighted by atomic mass is 16.2. The molecule has 1 aromatic heterocycles. The van der Waals surface area contributed by atoms with Crippen molar-refractivity contribution < 1.29 is 4.79 Å². The third-order valence-electron chi connectivity index (χ3n) is 6.61. The molecule has 0 radical (unpaired) electrons. The van der Waals surface area contributed by atoms with Gasteiger partial charge < -0.3 is 4.90 Å². The molecule has 1 heterocycles. The molecule has 0 spiro atoms. The van der Waals surface area contributed by atoms with Gasteiger partial charge in [0.2, 0.25) is 5.91 Å². The van der Waals surface area contributed by atoms with Crippen LogP contribution in [-0.4, -0.2) is 26.9 Å². The molecule has 30 heavy (non-hydrogen) atoms. The van der Waals surface area contributed by atoms with Gasteiger partial charge in [0.25, 0.3) is 5.56 Å². The lowest BCUT2D eigenvalue weighted by molar-refractivity contribution is -0.134. The minimum absolute atomic E-state index is 0.0168. The highest BCUT2D eigenvalue weighted by Gasteiger charge is 2.26. The number of hydrogen-bond donors (Lipinski definition) is 0. The summed E-state index contributed by atoms with van der Waals surface area (Å²) < 4.78 is 1.74. The number of nitrogens with zero attached hydrogens (tertiary/aromatic N) is 3. The monoisotopic (exact) mass is 411 g/mol. The van der Waals surface area contributed by atoms with E-state index in [1.165, 1.54) is 25.7 Å². The molecular formula is C25H37N3O2. The predicted molar refractivity (Wildman–Crippen MR) is 123 cm³/mol. The first-order valence-corrected chi connectivity index (χ1v) is 11.9. The Morgan fingerprint density at radius 3 is 2.63 bits per heavy atom. The number of benzene rings is 1. The van der Waals surface area contributed by atoms with Gasteiger partial charge >= 0.3 is 0 Å². The van der Waals surface area contributed by atoms with Gasteiger partial charge in [-0.3, -0.25) is 14.2 Å². The average Bonchev–Trinajstić information content (AvgIpc) is 3.28. The maximum atomic E-state index is 13.3. The lowest BCUT2D eigenvalue weighted by atomic mass is 10.0. The Bertz CT molecular complexity index is 899. The Kier molecular flexibility index (Phi) is 8.06. The van der Waals surface area contributed by atoms with Crippen molar-refractivity contribution in [2.75, 3.05) is 6.54 Å². The summed E-state index contributed by atoms with van der Waals surface area (Å²) in [4.78, 5) is 33.1. The van der Waals surface area contributed by atoms with Crippen LogP contribution in [0.5, 0.6) is 0 Å². The molecule has 5 nitrogen and oxygen atoms in total. The van der Waals surface area contributed by atoms with Crippen LogP contribution in [0.4, 0.5) is 0 Å². The maximum Gasteiger partial charge on any atom is 0.261 e. The van der Waals surface area contributed by atoms with E-state index in [0.29, 0.717) is 35.6 Å². The number of carbonyl (C=O) groups is 1. The number of rotatable bonds is 10. The quantitative estimate of drug-likeness (QED) is 0.487. The summed E-state index contributed by atoms with van der Waals surface area (Å²) in [5.41, 5.74) is 0.692. The number of fused-ring (bicyclic) bond motifs is 1. The van der Waals surface area contributed by atoms with Gasteiger partial charge in [0.05, 0.1) is 16.9 Å². The zero-order valence-electron chi connectivity index (χ0n) is 18.9. The fourth-order valence-corrected chi connectivity index (χ4v) is 4.79. The minimum Gasteiger partial charge on any atom is -0.333 e. The Balaban J connectivity index is 1.88. The number of para-hydroxylation sites is 1. The largest absolute Gasteiger partial charge is 0.333 e. The number of unbranched alkanes of at least 4 members (excludes halogenated alkanes) is 2. The minimum atomic E-state index is -0.213. The molecule has 5 heteroatoms. The van der Waals surface area contributed by atoms with Crippen molar-refractivity contribution in [3.05, 3.63) is 40.4 Å². The molecule has 1 saturated carbocycles. The lowest BCUT2D eigenvalue weighted by Gasteiger charge is -2.31. The first-order chi connectivity index (χ1) is 14.6. The number of carbonyl (C=O) groups excluding carboxylic acids is 1. The third kappa shape index (κ3) is 5.11. The van der Waals surface area contributed by atoms with Crippen molar-refractivity contribution in [1.82, 2.24) is 14.5 Å². The van der Waals surface area contributed by atoms with Crippen molar-refractivity contribution in [1.29, 1.82) is 0 Å². The van der Waals surface area contributed by atoms with Gasteiger partial charge in [0.15, 0.2) is 0 Å². The zero-order chi connectivity index (χ0) is 21.5. The molecule has 1 aliphatic carbocycles. The Morgan fingerprint density at radius 2 is 1.93 bits per heavy atom. The molecule has 1 aliphatic rings. The second-order valence-electron chi connectivity index (χ2n) is 8.70. The van der Waals surface area contributed by atoms with Crippen molar-refractivity contribution in [2.24, 2.45) is 5.92 Å². The van der Waals surface area contributed by atoms with Crippen molar-refractivity contribution >= 4 is 16.8 Å². The Hall–Kier alpha value is -2.17. The number of hydrogen-bond acceptors (Lipinski definition) is 3. The van der Waals surface area contributed by atoms with E-state index in [9.17, 15) is 9.59 Å². The molecular weight excluding hydrogens is 374 g/mol. The summed E-state index contributed by atoms with van der Waals surface area (Å²) in [6, 6.07) is 7.28. The molecule has 1 amide bonds. The summed E-state index contributed by atoms with van der Waals surface area (Å²) in [5, 5.41) is 0.639. The topological polar surface area (TPSA) is 55.2 Å². The summed E-state index contributed by atoms with van der Waals surface area (Å²) >= 11 is 0. The van der Waals surface area contributed by atoms with Crippen molar-refractivity contribution in [2.45, 2.75) is 91.1 Å². The van der Waals surface area contributed by atoms with Crippen molar-refractivity contribution in [3.63, 3.8) is 0 Å². The Labute approximate surface area is 180 Å². The zero-order valence-corrected chi connectivity index (χ0v) is 18.9. The van der Waals surface area contributed by atoms with Crippen LogP contribution < -0.4 is 5.56 Å². The number of aromatic nitrogens is 2. The van der Waals surface area contributed by atoms with E-state index < -0.39 is 0 Å². The molecule has 164 valence electrons. The molecule has 1 atom stereocenters. The van der Waals surface area contributed by atoms with Crippen LogP contribution in [0, 0.1) is 5.92 Å². The van der Waals surface area contributed by atoms with Gasteiger partial charge in [-0.15, -0.1) is 0 Å². The summed E-state index contributed by atoms with van der Waals surface area (Å²) in [6.07, 6.45) is 9.93. The van der Waals surface area contributed by atoms with E-state index in [1.807, 2.05) is 43.0 Å². The van der Waals surface area contributed by atoms with E-state index in [4.69, 9.17) is 4.98 Å². The third-order valence-corrected chi connectivity index (χ3v) is 6.61. The molecule has 0 saturated heterocycles. The van der Waals surface area contributed by atoms with Crippen LogP contribution in [0.15, 0.2) is 29.1 Å². The van der Waals surface area contributed by atoms with Gasteiger partial charge in [-0.05, 0) is 44.7 Å². The molecule has 1 aromatic carbocycles. The molecule has 3 rings (SSSR count). The molecule has 1 unspecified atom stereocenters. The van der Waals surface area contributed by atoms with Gasteiger partial charge in [0.1, 0.15) is 5.82 Å². The summed E-state index contributed by atoms with van der Waals surface area (Å²) in [7, 11) is 0. The normalized spacial score (nSPS) is 15.6. The van der Waals surface area contributed by atoms with Crippen LogP contribution >= 0.6 is 0 Å². The summed E-state index contributed by atoms with van der Waals surface area (Å²) in [5.74, 6) is 1.61. The average molecular weight is 412 g/mol. The van der Waals surface area contributed by atoms with E-state index in [0.717, 1.165) is 32.2 Å². The standard InChI is InChI=1S/C25H37N3O2/c1-4-6-11-18-28(23(29)17-16-20-12-7-8-13-20)19(3)24-26-22-15-10-9-14-21(22)25(30)27(24)5-2/h9-10,14-15,19-20H,4-8,11-13,16-18H2,1-3H3. The summed E-state index contributed by atoms with van der Waals surface area (Å²) in [6.45, 7) is 7.45. The highest BCUT2D eigenvalue weighted by Crippen LogP contribution is 2.30. The van der Waals surface area contributed by atoms with Gasteiger partial charge in [-0.25, -0.2) is 4.98 Å². The van der Waals surface area contributed by atoms with Crippen LogP contribution in [0.25, 0.3) is 10.9 Å². The van der Waals surface area contributed by atoms with Gasteiger partial charge in [-0.2, -0.15) is 0 Å². The fourth-order valence-electron chi connectivity index (χ4n) is 4.79. The number of amides is 1. The predicted octanol–water partition coefficient (Wildman–Crippen LogP) is 5.47. The smallest absolute Gasteiger partial charge is 0.261 e. The van der Waals surface area contributed by atoms with Gasteiger partial charge in [0, 0.05) is 19.5 Å². The van der Waals surface area contributed by atoms with E-state index >= 15 is 0 Å². The van der Waals surface area contributed by atoms with E-state index in [1.54, 1.807) is 4.57 Å². The second kappa shape index (κ2) is 10.7. The highest BCUT2D eigenvalue weighted by molar-refractivity contribution is 5.78. The van der Waals surface area contributed by atoms with E-state index in [-0.39, 0.29) is 17.5 Å². The molecule has 1 fully saturated rings. The first-order valence-electron chi connectivity index (χ1n) is 11.9. The molecule has 0 aliphatic heterocycles. The Morgan fingerprint density at radius 1 is 1.20 bits per heavy atom. The van der Waals surface area contributed by atoms with E-state index in [2.05, 4.69) is 6.92 Å². The van der Waals surface area contributed by atoms with Crippen molar-refractivity contribution in [3.8, 4) is 0 Å². The lowest BCUT2D eigenvalue weighted by Crippen LogP contribution is -2.38. The van der Waals surface area contributed by atoms with Gasteiger partial charge in [-0.1, -0.05) is 57.6 Å². The first kappa shape index (κ1) is 22.5. The molecule has 0 bridgehead atoms. The maximum absolute atomic E-state index is 13.3. The fraction of sp³-hybridized carbons (Fsp3) is 0.640. The molecule has 2 aromatic rings. The van der Waals surface area contributed by atoms with Crippen LogP contribution in [0.3, 0.4) is 0 Å². The van der Waals surface area contributed by atoms with Crippen LogP contribution in [-0.2, 0) is 11.3 Å². The van der Waals surface area contributed by atoms with Crippen LogP contribution in [0.2, 0.25) is 0 Å². The SMILES string of the molecule is CCCCCN(C(=O)CCC1CCCC1)C(C)c1nc2ccccc2c(=O)n1CC.